The van der Waals surface area contributed by atoms with Gasteiger partial charge in [0.2, 0.25) is 0 Å². The largest absolute Gasteiger partial charge is 0.481 e. The van der Waals surface area contributed by atoms with E-state index in [9.17, 15) is 14.7 Å². The molecule has 0 rings (SSSR count). The third kappa shape index (κ3) is 5.53. The maximum atomic E-state index is 12.3. The molecule has 0 saturated carbocycles. The van der Waals surface area contributed by atoms with Gasteiger partial charge in [-0.2, -0.15) is 0 Å². The van der Waals surface area contributed by atoms with Crippen LogP contribution in [0.4, 0.5) is 4.79 Å². The van der Waals surface area contributed by atoms with Crippen LogP contribution in [0.25, 0.3) is 0 Å². The first-order valence-corrected chi connectivity index (χ1v) is 7.65. The van der Waals surface area contributed by atoms with Crippen molar-refractivity contribution in [2.45, 2.75) is 53.0 Å². The molecule has 21 heavy (non-hydrogen) atoms. The Labute approximate surface area is 127 Å². The van der Waals surface area contributed by atoms with Crippen molar-refractivity contribution in [3.8, 4) is 0 Å². The van der Waals surface area contributed by atoms with Crippen LogP contribution in [0.1, 0.15) is 47.0 Å². The number of hydrogen-bond acceptors (Lipinski definition) is 3. The number of nitrogens with one attached hydrogen (secondary N) is 1. The molecule has 0 saturated heterocycles. The van der Waals surface area contributed by atoms with Gasteiger partial charge in [0.05, 0.1) is 12.0 Å². The zero-order chi connectivity index (χ0) is 16.5. The predicted molar refractivity (Wildman–Crippen MR) is 82.4 cm³/mol. The lowest BCUT2D eigenvalue weighted by Gasteiger charge is -2.32. The van der Waals surface area contributed by atoms with E-state index in [1.54, 1.807) is 12.0 Å². The molecule has 0 aromatic rings. The van der Waals surface area contributed by atoms with E-state index in [2.05, 4.69) is 5.32 Å². The lowest BCUT2D eigenvalue weighted by molar-refractivity contribution is -0.149. The second-order valence-electron chi connectivity index (χ2n) is 5.39. The standard InChI is InChI=1S/C15H30N2O4/c1-6-12(4)17(9-10-21-5)14(20)16-11-15(7-2,8-3)13(18)19/h12H,6-11H2,1-5H3,(H,16,20)(H,18,19). The second-order valence-corrected chi connectivity index (χ2v) is 5.39. The monoisotopic (exact) mass is 302 g/mol. The number of nitrogens with zero attached hydrogens (tertiary/aromatic N) is 1. The fourth-order valence-corrected chi connectivity index (χ4v) is 2.16. The number of hydrogen-bond donors (Lipinski definition) is 2. The highest BCUT2D eigenvalue weighted by Crippen LogP contribution is 2.25. The van der Waals surface area contributed by atoms with Gasteiger partial charge in [-0.3, -0.25) is 4.79 Å². The minimum absolute atomic E-state index is 0.0858. The third-order valence-corrected chi connectivity index (χ3v) is 4.31. The SMILES string of the molecule is CCC(C)N(CCOC)C(=O)NCC(CC)(CC)C(=O)O. The summed E-state index contributed by atoms with van der Waals surface area (Å²) in [4.78, 5) is 25.5. The van der Waals surface area contributed by atoms with Crippen molar-refractivity contribution in [3.05, 3.63) is 0 Å². The van der Waals surface area contributed by atoms with Gasteiger partial charge < -0.3 is 20.1 Å². The van der Waals surface area contributed by atoms with E-state index >= 15 is 0 Å². The normalized spacial score (nSPS) is 12.8. The Kier molecular flexibility index (Phi) is 9.01. The average molecular weight is 302 g/mol. The number of rotatable bonds is 10. The average Bonchev–Trinajstić information content (AvgIpc) is 2.48. The summed E-state index contributed by atoms with van der Waals surface area (Å²) in [5, 5.41) is 12.2. The van der Waals surface area contributed by atoms with Gasteiger partial charge in [-0.05, 0) is 26.2 Å². The lowest BCUT2D eigenvalue weighted by Crippen LogP contribution is -2.50. The molecular weight excluding hydrogens is 272 g/mol. The van der Waals surface area contributed by atoms with Crippen LogP contribution in [0.5, 0.6) is 0 Å². The Morgan fingerprint density at radius 2 is 1.86 bits per heavy atom. The van der Waals surface area contributed by atoms with Crippen LogP contribution in [-0.2, 0) is 9.53 Å². The number of carboxylic acids is 1. The van der Waals surface area contributed by atoms with E-state index in [1.807, 2.05) is 27.7 Å². The lowest BCUT2D eigenvalue weighted by atomic mass is 9.82. The van der Waals surface area contributed by atoms with Crippen molar-refractivity contribution in [1.82, 2.24) is 10.2 Å². The fraction of sp³-hybridized carbons (Fsp3) is 0.867. The molecular formula is C15H30N2O4. The minimum atomic E-state index is -0.891. The zero-order valence-electron chi connectivity index (χ0n) is 13.9. The van der Waals surface area contributed by atoms with E-state index in [0.29, 0.717) is 26.0 Å². The maximum absolute atomic E-state index is 12.3. The Bertz CT molecular complexity index is 330. The first-order valence-electron chi connectivity index (χ1n) is 7.65. The summed E-state index contributed by atoms with van der Waals surface area (Å²) < 4.78 is 5.03. The molecule has 0 aliphatic heterocycles. The number of methoxy groups -OCH3 is 1. The van der Waals surface area contributed by atoms with Crippen LogP contribution in [-0.4, -0.2) is 54.9 Å². The van der Waals surface area contributed by atoms with Crippen LogP contribution in [0, 0.1) is 5.41 Å². The van der Waals surface area contributed by atoms with E-state index in [-0.39, 0.29) is 18.6 Å². The van der Waals surface area contributed by atoms with Gasteiger partial charge in [0.1, 0.15) is 0 Å². The van der Waals surface area contributed by atoms with Gasteiger partial charge >= 0.3 is 12.0 Å². The highest BCUT2D eigenvalue weighted by molar-refractivity contribution is 5.78. The molecule has 0 heterocycles. The smallest absolute Gasteiger partial charge is 0.317 e. The van der Waals surface area contributed by atoms with Crippen molar-refractivity contribution < 1.29 is 19.4 Å². The Balaban J connectivity index is 4.78. The number of ether oxygens (including phenoxy) is 1. The summed E-state index contributed by atoms with van der Waals surface area (Å²) in [5.74, 6) is -0.861. The van der Waals surface area contributed by atoms with Gasteiger partial charge in [-0.25, -0.2) is 4.79 Å². The third-order valence-electron chi connectivity index (χ3n) is 4.31. The number of carbonyl (C=O) groups excluding carboxylic acids is 1. The fourth-order valence-electron chi connectivity index (χ4n) is 2.16. The quantitative estimate of drug-likeness (QED) is 0.649. The van der Waals surface area contributed by atoms with Gasteiger partial charge in [-0.1, -0.05) is 20.8 Å². The van der Waals surface area contributed by atoms with Gasteiger partial charge in [0.15, 0.2) is 0 Å². The van der Waals surface area contributed by atoms with E-state index in [4.69, 9.17) is 4.74 Å². The number of amides is 2. The maximum Gasteiger partial charge on any atom is 0.317 e. The molecule has 0 bridgehead atoms. The molecule has 0 radical (unpaired) electrons. The molecule has 2 N–H and O–H groups in total. The molecule has 0 aliphatic carbocycles. The van der Waals surface area contributed by atoms with Gasteiger partial charge in [0, 0.05) is 26.2 Å². The van der Waals surface area contributed by atoms with Crippen LogP contribution in [0.2, 0.25) is 0 Å². The molecule has 0 aromatic carbocycles. The molecule has 0 aromatic heterocycles. The summed E-state index contributed by atoms with van der Waals surface area (Å²) in [7, 11) is 1.59. The van der Waals surface area contributed by atoms with Crippen LogP contribution in [0.15, 0.2) is 0 Å². The molecule has 6 heteroatoms. The highest BCUT2D eigenvalue weighted by Gasteiger charge is 2.35. The zero-order valence-corrected chi connectivity index (χ0v) is 13.9. The van der Waals surface area contributed by atoms with Crippen LogP contribution >= 0.6 is 0 Å². The van der Waals surface area contributed by atoms with Gasteiger partial charge in [0.25, 0.3) is 0 Å². The van der Waals surface area contributed by atoms with Crippen molar-refractivity contribution in [2.75, 3.05) is 26.8 Å². The van der Waals surface area contributed by atoms with Crippen molar-refractivity contribution in [2.24, 2.45) is 5.41 Å². The van der Waals surface area contributed by atoms with Crippen molar-refractivity contribution in [3.63, 3.8) is 0 Å². The number of aliphatic carboxylic acids is 1. The molecule has 0 aliphatic rings. The van der Waals surface area contributed by atoms with E-state index in [0.717, 1.165) is 6.42 Å². The van der Waals surface area contributed by atoms with Crippen molar-refractivity contribution >= 4 is 12.0 Å². The first kappa shape index (κ1) is 19.7. The Hall–Kier alpha value is -1.30. The molecule has 1 atom stereocenters. The number of carboxylic acid groups (broad SMARTS) is 1. The van der Waals surface area contributed by atoms with Crippen LogP contribution in [0.3, 0.4) is 0 Å². The molecule has 124 valence electrons. The Morgan fingerprint density at radius 1 is 1.29 bits per heavy atom. The minimum Gasteiger partial charge on any atom is -0.481 e. The second kappa shape index (κ2) is 9.60. The summed E-state index contributed by atoms with van der Waals surface area (Å²) in [6, 6.07) is -0.142. The summed E-state index contributed by atoms with van der Waals surface area (Å²) in [6.45, 7) is 8.76. The molecule has 1 unspecified atom stereocenters. The van der Waals surface area contributed by atoms with E-state index < -0.39 is 11.4 Å². The van der Waals surface area contributed by atoms with Crippen molar-refractivity contribution in [1.29, 1.82) is 0 Å². The predicted octanol–water partition coefficient (Wildman–Crippen LogP) is 2.33. The highest BCUT2D eigenvalue weighted by atomic mass is 16.5. The summed E-state index contributed by atoms with van der Waals surface area (Å²) >= 11 is 0. The molecule has 0 spiro atoms. The number of urea groups is 1. The van der Waals surface area contributed by atoms with E-state index in [1.165, 1.54) is 0 Å². The summed E-state index contributed by atoms with van der Waals surface area (Å²) in [6.07, 6.45) is 1.81. The summed E-state index contributed by atoms with van der Waals surface area (Å²) in [5.41, 5.74) is -0.891. The number of carbonyl (C=O) groups is 2. The molecule has 2 amide bonds. The van der Waals surface area contributed by atoms with Gasteiger partial charge in [-0.15, -0.1) is 0 Å². The molecule has 0 fully saturated rings. The van der Waals surface area contributed by atoms with Crippen LogP contribution < -0.4 is 5.32 Å². The Morgan fingerprint density at radius 3 is 2.24 bits per heavy atom. The topological polar surface area (TPSA) is 78.9 Å². The molecule has 6 nitrogen and oxygen atoms in total. The first-order chi connectivity index (χ1) is 9.88.